The van der Waals surface area contributed by atoms with Crippen molar-refractivity contribution in [3.63, 3.8) is 0 Å². The molecule has 0 amide bonds. The molecule has 106 valence electrons. The first-order valence-corrected chi connectivity index (χ1v) is 6.36. The molecule has 0 saturated carbocycles. The van der Waals surface area contributed by atoms with Gasteiger partial charge in [0.15, 0.2) is 0 Å². The summed E-state index contributed by atoms with van der Waals surface area (Å²) in [7, 11) is 1.29. The van der Waals surface area contributed by atoms with Crippen LogP contribution in [0.3, 0.4) is 0 Å². The van der Waals surface area contributed by atoms with Crippen LogP contribution >= 0.6 is 0 Å². The van der Waals surface area contributed by atoms with Gasteiger partial charge in [-0.05, 0) is 24.6 Å². The fourth-order valence-electron chi connectivity index (χ4n) is 2.23. The number of aromatic nitrogens is 3. The zero-order chi connectivity index (χ0) is 15.0. The zero-order valence-corrected chi connectivity index (χ0v) is 11.6. The Morgan fingerprint density at radius 3 is 2.86 bits per heavy atom. The number of fused-ring (bicyclic) bond motifs is 1. The molecule has 0 aliphatic carbocycles. The Bertz CT molecular complexity index is 848. The minimum absolute atomic E-state index is 0.245. The Morgan fingerprint density at radius 1 is 1.33 bits per heavy atom. The lowest BCUT2D eigenvalue weighted by Crippen LogP contribution is -2.11. The van der Waals surface area contributed by atoms with Crippen molar-refractivity contribution in [1.29, 1.82) is 0 Å². The van der Waals surface area contributed by atoms with E-state index >= 15 is 0 Å². The van der Waals surface area contributed by atoms with Gasteiger partial charge < -0.3 is 9.30 Å². The van der Waals surface area contributed by atoms with E-state index in [9.17, 15) is 9.59 Å². The molecule has 0 fully saturated rings. The van der Waals surface area contributed by atoms with Gasteiger partial charge in [-0.3, -0.25) is 4.79 Å². The molecule has 21 heavy (non-hydrogen) atoms. The second-order valence-electron chi connectivity index (χ2n) is 4.72. The van der Waals surface area contributed by atoms with E-state index in [1.165, 1.54) is 7.11 Å². The standard InChI is InChI=1S/C15H13N3O3/c1-9-4-3-5-10(6-9)18-7-11-13(16-17-14(11)19)12(8-18)15(20)21-2/h3-8H,1-2H3,(H,17,19). The third-order valence-corrected chi connectivity index (χ3v) is 3.27. The minimum atomic E-state index is -0.534. The van der Waals surface area contributed by atoms with Crippen LogP contribution in [-0.4, -0.2) is 27.8 Å². The van der Waals surface area contributed by atoms with E-state index in [2.05, 4.69) is 10.2 Å². The maximum absolute atomic E-state index is 11.9. The third kappa shape index (κ3) is 2.20. The van der Waals surface area contributed by atoms with Crippen LogP contribution in [0.25, 0.3) is 16.9 Å². The van der Waals surface area contributed by atoms with E-state index in [0.29, 0.717) is 11.3 Å². The van der Waals surface area contributed by atoms with Crippen molar-refractivity contribution in [1.82, 2.24) is 14.8 Å². The molecule has 2 aliphatic rings. The van der Waals surface area contributed by atoms with Crippen LogP contribution in [0.2, 0.25) is 0 Å². The van der Waals surface area contributed by atoms with Crippen molar-refractivity contribution in [3.8, 4) is 16.9 Å². The molecule has 0 atom stereocenters. The number of methoxy groups -OCH3 is 1. The largest absolute Gasteiger partial charge is 0.465 e. The number of aryl methyl sites for hydroxylation is 1. The first-order chi connectivity index (χ1) is 10.1. The van der Waals surface area contributed by atoms with Gasteiger partial charge in [0.1, 0.15) is 11.3 Å². The monoisotopic (exact) mass is 283 g/mol. The molecule has 0 bridgehead atoms. The van der Waals surface area contributed by atoms with Crippen LogP contribution in [0.15, 0.2) is 41.5 Å². The highest BCUT2D eigenvalue weighted by atomic mass is 16.5. The van der Waals surface area contributed by atoms with Crippen LogP contribution in [0.4, 0.5) is 0 Å². The Labute approximate surface area is 120 Å². The molecular weight excluding hydrogens is 270 g/mol. The zero-order valence-electron chi connectivity index (χ0n) is 11.6. The number of esters is 1. The van der Waals surface area contributed by atoms with Gasteiger partial charge in [0, 0.05) is 18.1 Å². The van der Waals surface area contributed by atoms with Crippen LogP contribution in [0, 0.1) is 6.92 Å². The number of nitrogens with zero attached hydrogens (tertiary/aromatic N) is 2. The van der Waals surface area contributed by atoms with Gasteiger partial charge in [-0.1, -0.05) is 12.1 Å². The Kier molecular flexibility index (Phi) is 3.06. The molecule has 2 aliphatic heterocycles. The van der Waals surface area contributed by atoms with Crippen LogP contribution in [0.5, 0.6) is 0 Å². The lowest BCUT2D eigenvalue weighted by molar-refractivity contribution is 0.0600. The molecule has 1 aromatic carbocycles. The second kappa shape index (κ2) is 4.90. The van der Waals surface area contributed by atoms with Crippen LogP contribution in [0.1, 0.15) is 15.9 Å². The van der Waals surface area contributed by atoms with Gasteiger partial charge in [-0.25, -0.2) is 9.89 Å². The normalized spacial score (nSPS) is 10.8. The third-order valence-electron chi connectivity index (χ3n) is 3.27. The summed E-state index contributed by atoms with van der Waals surface area (Å²) in [4.78, 5) is 23.7. The molecule has 6 nitrogen and oxygen atoms in total. The number of hydrogen-bond acceptors (Lipinski definition) is 4. The van der Waals surface area contributed by atoms with Crippen molar-refractivity contribution in [2.24, 2.45) is 0 Å². The number of hydrogen-bond donors (Lipinski definition) is 1. The average Bonchev–Trinajstić information content (AvgIpc) is 2.87. The molecular formula is C15H13N3O3. The number of aromatic amines is 1. The Hall–Kier alpha value is -2.89. The molecule has 2 heterocycles. The summed E-state index contributed by atoms with van der Waals surface area (Å²) in [6.45, 7) is 1.97. The van der Waals surface area contributed by atoms with E-state index in [-0.39, 0.29) is 11.1 Å². The van der Waals surface area contributed by atoms with Gasteiger partial charge >= 0.3 is 5.97 Å². The number of carbonyl (C=O) groups is 1. The lowest BCUT2D eigenvalue weighted by Gasteiger charge is -2.12. The summed E-state index contributed by atoms with van der Waals surface area (Å²) in [5.74, 6) is -0.534. The summed E-state index contributed by atoms with van der Waals surface area (Å²) < 4.78 is 6.48. The van der Waals surface area contributed by atoms with Gasteiger partial charge in [-0.15, -0.1) is 0 Å². The summed E-state index contributed by atoms with van der Waals surface area (Å²) >= 11 is 0. The molecule has 6 heteroatoms. The summed E-state index contributed by atoms with van der Waals surface area (Å²) in [5.41, 5.74) is 2.50. The maximum Gasteiger partial charge on any atom is 0.341 e. The predicted octanol–water partition coefficient (Wildman–Crippen LogP) is 1.76. The van der Waals surface area contributed by atoms with Crippen LogP contribution in [-0.2, 0) is 4.74 Å². The van der Waals surface area contributed by atoms with Crippen molar-refractivity contribution in [2.45, 2.75) is 6.92 Å². The highest BCUT2D eigenvalue weighted by Gasteiger charge is 2.22. The van der Waals surface area contributed by atoms with E-state index in [0.717, 1.165) is 11.3 Å². The van der Waals surface area contributed by atoms with E-state index in [4.69, 9.17) is 4.74 Å². The summed E-state index contributed by atoms with van der Waals surface area (Å²) in [6, 6.07) is 7.73. The quantitative estimate of drug-likeness (QED) is 0.727. The van der Waals surface area contributed by atoms with Crippen molar-refractivity contribution in [3.05, 3.63) is 58.1 Å². The highest BCUT2D eigenvalue weighted by molar-refractivity contribution is 5.96. The summed E-state index contributed by atoms with van der Waals surface area (Å²) in [6.07, 6.45) is 3.27. The predicted molar refractivity (Wildman–Crippen MR) is 76.9 cm³/mol. The molecule has 0 spiro atoms. The van der Waals surface area contributed by atoms with Crippen LogP contribution < -0.4 is 5.56 Å². The van der Waals surface area contributed by atoms with E-state index in [1.54, 1.807) is 17.0 Å². The van der Waals surface area contributed by atoms with Crippen molar-refractivity contribution in [2.75, 3.05) is 7.11 Å². The molecule has 0 aromatic heterocycles. The first kappa shape index (κ1) is 13.1. The van der Waals surface area contributed by atoms with Gasteiger partial charge in [-0.2, -0.15) is 5.10 Å². The number of benzene rings is 1. The lowest BCUT2D eigenvalue weighted by atomic mass is 10.1. The molecule has 0 saturated heterocycles. The molecule has 1 aromatic rings. The van der Waals surface area contributed by atoms with E-state index in [1.807, 2.05) is 31.2 Å². The van der Waals surface area contributed by atoms with Crippen molar-refractivity contribution >= 4 is 5.97 Å². The maximum atomic E-state index is 11.9. The highest BCUT2D eigenvalue weighted by Crippen LogP contribution is 2.23. The number of H-pyrrole nitrogens is 1. The minimum Gasteiger partial charge on any atom is -0.465 e. The topological polar surface area (TPSA) is 77.0 Å². The number of ether oxygens (including phenoxy) is 1. The number of carbonyl (C=O) groups excluding carboxylic acids is 1. The number of nitrogens with one attached hydrogen (secondary N) is 1. The van der Waals surface area contributed by atoms with E-state index < -0.39 is 5.97 Å². The fraction of sp³-hybridized carbons (Fsp3) is 0.133. The average molecular weight is 283 g/mol. The molecule has 0 radical (unpaired) electrons. The molecule has 0 unspecified atom stereocenters. The first-order valence-electron chi connectivity index (χ1n) is 6.36. The summed E-state index contributed by atoms with van der Waals surface area (Å²) in [5, 5.41) is 6.25. The number of rotatable bonds is 2. The Balaban J connectivity index is 2.29. The smallest absolute Gasteiger partial charge is 0.341 e. The van der Waals surface area contributed by atoms with Gasteiger partial charge in [0.05, 0.1) is 12.7 Å². The van der Waals surface area contributed by atoms with Gasteiger partial charge in [0.2, 0.25) is 0 Å². The number of pyridine rings is 1. The Morgan fingerprint density at radius 2 is 2.14 bits per heavy atom. The van der Waals surface area contributed by atoms with Crippen molar-refractivity contribution < 1.29 is 9.53 Å². The molecule has 3 rings (SSSR count). The van der Waals surface area contributed by atoms with Gasteiger partial charge in [0.25, 0.3) is 5.56 Å². The molecule has 1 N–H and O–H groups in total. The fourth-order valence-corrected chi connectivity index (χ4v) is 2.23. The SMILES string of the molecule is COC(=O)c1cn(-c2cccc(C)c2)cc2c(=O)[nH]nc1-2. The second-order valence-corrected chi connectivity index (χ2v) is 4.72.